The van der Waals surface area contributed by atoms with Gasteiger partial charge in [0.2, 0.25) is 0 Å². The average Bonchev–Trinajstić information content (AvgIpc) is 2.52. The van der Waals surface area contributed by atoms with Gasteiger partial charge in [0, 0.05) is 17.4 Å². The van der Waals surface area contributed by atoms with Crippen molar-refractivity contribution >= 4 is 0 Å². The zero-order valence-corrected chi connectivity index (χ0v) is 16.3. The third-order valence-corrected chi connectivity index (χ3v) is 6.37. The molecule has 1 aliphatic heterocycles. The second-order valence-corrected chi connectivity index (χ2v) is 8.74. The van der Waals surface area contributed by atoms with Gasteiger partial charge in [-0.05, 0) is 63.1 Å². The number of fused-ring (bicyclic) bond motifs is 3. The summed E-state index contributed by atoms with van der Waals surface area (Å²) in [4.78, 5) is 0. The number of hydrogen-bond donors (Lipinski definition) is 0. The van der Waals surface area contributed by atoms with E-state index >= 15 is 0 Å². The summed E-state index contributed by atoms with van der Waals surface area (Å²) in [6.07, 6.45) is 5.68. The van der Waals surface area contributed by atoms with Crippen LogP contribution in [0.15, 0.2) is 23.8 Å². The van der Waals surface area contributed by atoms with Crippen LogP contribution in [0.2, 0.25) is 0 Å². The van der Waals surface area contributed by atoms with E-state index in [1.165, 1.54) is 16.7 Å². The summed E-state index contributed by atoms with van der Waals surface area (Å²) in [5.74, 6) is 3.03. The van der Waals surface area contributed by atoms with Gasteiger partial charge in [-0.25, -0.2) is 0 Å². The van der Waals surface area contributed by atoms with Crippen molar-refractivity contribution in [1.29, 1.82) is 0 Å². The molecule has 0 bridgehead atoms. The summed E-state index contributed by atoms with van der Waals surface area (Å²) in [5.41, 5.74) is 4.05. The molecule has 1 heterocycles. The van der Waals surface area contributed by atoms with E-state index < -0.39 is 0 Å². The first-order valence-electron chi connectivity index (χ1n) is 9.26. The first-order chi connectivity index (χ1) is 11.2. The topological polar surface area (TPSA) is 18.5 Å². The van der Waals surface area contributed by atoms with Crippen molar-refractivity contribution < 1.29 is 9.47 Å². The summed E-state index contributed by atoms with van der Waals surface area (Å²) < 4.78 is 12.4. The summed E-state index contributed by atoms with van der Waals surface area (Å²) in [7, 11) is 1.79. The molecule has 0 saturated carbocycles. The molecule has 2 nitrogen and oxygen atoms in total. The molecule has 0 aromatic heterocycles. The Balaban J connectivity index is 2.18. The Morgan fingerprint density at radius 3 is 2.62 bits per heavy atom. The van der Waals surface area contributed by atoms with Crippen LogP contribution in [0.1, 0.15) is 77.8 Å². The van der Waals surface area contributed by atoms with Crippen LogP contribution in [0.5, 0.6) is 11.5 Å². The monoisotopic (exact) mass is 328 g/mol. The molecule has 0 N–H and O–H groups in total. The minimum absolute atomic E-state index is 0.120. The van der Waals surface area contributed by atoms with Crippen LogP contribution < -0.4 is 9.47 Å². The molecule has 1 aromatic carbocycles. The molecule has 0 fully saturated rings. The van der Waals surface area contributed by atoms with Gasteiger partial charge in [-0.3, -0.25) is 0 Å². The lowest BCUT2D eigenvalue weighted by Gasteiger charge is -2.47. The van der Waals surface area contributed by atoms with Crippen molar-refractivity contribution in [1.82, 2.24) is 0 Å². The highest BCUT2D eigenvalue weighted by Gasteiger charge is 2.46. The Labute approximate surface area is 147 Å². The molecule has 3 rings (SSSR count). The fraction of sp³-hybridized carbons (Fsp3) is 0.636. The second-order valence-electron chi connectivity index (χ2n) is 8.74. The summed E-state index contributed by atoms with van der Waals surface area (Å²) in [5, 5.41) is 0. The molecule has 0 unspecified atom stereocenters. The van der Waals surface area contributed by atoms with E-state index in [4.69, 9.17) is 9.47 Å². The number of hydrogen-bond acceptors (Lipinski definition) is 2. The van der Waals surface area contributed by atoms with E-state index in [9.17, 15) is 0 Å². The van der Waals surface area contributed by atoms with Crippen LogP contribution in [0.3, 0.4) is 0 Å². The van der Waals surface area contributed by atoms with Gasteiger partial charge in [0.25, 0.3) is 0 Å². The predicted octanol–water partition coefficient (Wildman–Crippen LogP) is 5.99. The van der Waals surface area contributed by atoms with Crippen molar-refractivity contribution in [3.05, 3.63) is 34.9 Å². The molecule has 2 heteroatoms. The zero-order valence-electron chi connectivity index (χ0n) is 16.3. The minimum atomic E-state index is -0.144. The average molecular weight is 328 g/mol. The maximum Gasteiger partial charge on any atom is 0.127 e. The fourth-order valence-corrected chi connectivity index (χ4v) is 4.31. The quantitative estimate of drug-likeness (QED) is 0.634. The van der Waals surface area contributed by atoms with Crippen molar-refractivity contribution in [2.24, 2.45) is 5.92 Å². The Morgan fingerprint density at radius 2 is 2.00 bits per heavy atom. The molecule has 1 aliphatic carbocycles. The van der Waals surface area contributed by atoms with E-state index in [1.54, 1.807) is 7.11 Å². The van der Waals surface area contributed by atoms with E-state index in [1.807, 2.05) is 0 Å². The van der Waals surface area contributed by atoms with Crippen molar-refractivity contribution in [3.63, 3.8) is 0 Å². The molecule has 24 heavy (non-hydrogen) atoms. The van der Waals surface area contributed by atoms with Crippen LogP contribution in [0, 0.1) is 5.92 Å². The highest BCUT2D eigenvalue weighted by atomic mass is 16.5. The van der Waals surface area contributed by atoms with Gasteiger partial charge in [0.1, 0.15) is 17.1 Å². The van der Waals surface area contributed by atoms with Crippen LogP contribution >= 0.6 is 0 Å². The maximum atomic E-state index is 6.54. The smallest absolute Gasteiger partial charge is 0.127 e. The third-order valence-electron chi connectivity index (χ3n) is 6.37. The maximum absolute atomic E-state index is 6.54. The largest absolute Gasteiger partial charge is 0.496 e. The Morgan fingerprint density at radius 1 is 1.29 bits per heavy atom. The summed E-state index contributed by atoms with van der Waals surface area (Å²) in [6, 6.07) is 4.52. The van der Waals surface area contributed by atoms with Crippen LogP contribution in [0.4, 0.5) is 0 Å². The van der Waals surface area contributed by atoms with Gasteiger partial charge < -0.3 is 9.47 Å². The molecule has 0 saturated heterocycles. The van der Waals surface area contributed by atoms with Crippen LogP contribution in [-0.4, -0.2) is 12.7 Å². The highest BCUT2D eigenvalue weighted by molar-refractivity contribution is 5.54. The number of ether oxygens (including phenoxy) is 2. The number of allylic oxidation sites excluding steroid dienone is 2. The van der Waals surface area contributed by atoms with Crippen LogP contribution in [0.25, 0.3) is 0 Å². The summed E-state index contributed by atoms with van der Waals surface area (Å²) in [6.45, 7) is 13.6. The summed E-state index contributed by atoms with van der Waals surface area (Å²) >= 11 is 0. The SMILES string of the molecule is CCC(C)(C)c1cc(OC)c2c(c1)OC(C)(C)[C@@H]1CC=C(C)C[C@@H]21. The van der Waals surface area contributed by atoms with E-state index in [0.29, 0.717) is 11.8 Å². The van der Waals surface area contributed by atoms with Crippen LogP contribution in [-0.2, 0) is 5.41 Å². The first kappa shape index (κ1) is 17.4. The number of benzene rings is 1. The predicted molar refractivity (Wildman–Crippen MR) is 100 cm³/mol. The molecule has 2 aliphatic rings. The molecule has 132 valence electrons. The van der Waals surface area contributed by atoms with Gasteiger partial charge in [-0.15, -0.1) is 0 Å². The lowest BCUT2D eigenvalue weighted by molar-refractivity contribution is 0.00738. The van der Waals surface area contributed by atoms with Crippen molar-refractivity contribution in [2.75, 3.05) is 7.11 Å². The molecule has 0 amide bonds. The van der Waals surface area contributed by atoms with Gasteiger partial charge in [-0.1, -0.05) is 32.4 Å². The van der Waals surface area contributed by atoms with E-state index in [0.717, 1.165) is 30.8 Å². The highest BCUT2D eigenvalue weighted by Crippen LogP contribution is 2.55. The number of rotatable bonds is 3. The third kappa shape index (κ3) is 2.74. The molecular formula is C22H32O2. The zero-order chi connectivity index (χ0) is 17.7. The van der Waals surface area contributed by atoms with Crippen molar-refractivity contribution in [3.8, 4) is 11.5 Å². The fourth-order valence-electron chi connectivity index (χ4n) is 4.31. The van der Waals surface area contributed by atoms with Crippen molar-refractivity contribution in [2.45, 2.75) is 77.7 Å². The molecule has 0 spiro atoms. The van der Waals surface area contributed by atoms with Gasteiger partial charge in [0.05, 0.1) is 7.11 Å². The molecule has 2 atom stereocenters. The van der Waals surface area contributed by atoms with E-state index in [2.05, 4.69) is 59.8 Å². The Kier molecular flexibility index (Phi) is 4.22. The standard InChI is InChI=1S/C22H32O2/c1-8-21(3,4)15-12-18(23-7)20-16-11-14(2)9-10-17(16)22(5,6)24-19(20)13-15/h9,12-13,16-17H,8,10-11H2,1-7H3/t16-,17-/m1/s1. The lowest BCUT2D eigenvalue weighted by atomic mass is 9.66. The first-order valence-corrected chi connectivity index (χ1v) is 9.26. The van der Waals surface area contributed by atoms with Gasteiger partial charge >= 0.3 is 0 Å². The van der Waals surface area contributed by atoms with Gasteiger partial charge in [-0.2, -0.15) is 0 Å². The molecule has 1 aromatic rings. The normalized spacial score (nSPS) is 25.2. The molecule has 0 radical (unpaired) electrons. The second kappa shape index (κ2) is 5.82. The Hall–Kier alpha value is -1.44. The minimum Gasteiger partial charge on any atom is -0.496 e. The Bertz CT molecular complexity index is 667. The lowest BCUT2D eigenvalue weighted by Crippen LogP contribution is -2.45. The van der Waals surface area contributed by atoms with Gasteiger partial charge in [0.15, 0.2) is 0 Å². The molecular weight excluding hydrogens is 296 g/mol. The van der Waals surface area contributed by atoms with E-state index in [-0.39, 0.29) is 11.0 Å². The number of methoxy groups -OCH3 is 1.